The summed E-state index contributed by atoms with van der Waals surface area (Å²) in [5.74, 6) is -1.10. The third-order valence-electron chi connectivity index (χ3n) is 3.72. The van der Waals surface area contributed by atoms with Crippen molar-refractivity contribution >= 4 is 44.9 Å². The number of esters is 1. The third kappa shape index (κ3) is 5.21. The zero-order chi connectivity index (χ0) is 20.2. The molecule has 0 saturated carbocycles. The fourth-order valence-corrected chi connectivity index (χ4v) is 3.79. The highest BCUT2D eigenvalue weighted by Crippen LogP contribution is 2.23. The first kappa shape index (κ1) is 20.7. The molecular formula is C18H19ClN2O5S. The first-order valence-electron chi connectivity index (χ1n) is 7.87. The van der Waals surface area contributed by atoms with E-state index in [0.29, 0.717) is 16.4 Å². The molecule has 1 N–H and O–H groups in total. The van der Waals surface area contributed by atoms with Crippen LogP contribution in [0, 0.1) is 0 Å². The Hall–Kier alpha value is -2.58. The monoisotopic (exact) mass is 410 g/mol. The molecule has 2 rings (SSSR count). The molecule has 1 amide bonds. The number of hydrogen-bond donors (Lipinski definition) is 1. The van der Waals surface area contributed by atoms with Crippen molar-refractivity contribution < 1.29 is 22.7 Å². The SMILES string of the molecule is COC(=O)c1cccc(NC(=O)C(C)N(c2ccc(Cl)cc2)S(C)(=O)=O)c1. The summed E-state index contributed by atoms with van der Waals surface area (Å²) < 4.78 is 30.1. The van der Waals surface area contributed by atoms with Gasteiger partial charge in [0.05, 0.1) is 24.6 Å². The maximum Gasteiger partial charge on any atom is 0.337 e. The van der Waals surface area contributed by atoms with Gasteiger partial charge in [-0.3, -0.25) is 9.10 Å². The van der Waals surface area contributed by atoms with Crippen molar-refractivity contribution in [2.24, 2.45) is 0 Å². The smallest absolute Gasteiger partial charge is 0.337 e. The van der Waals surface area contributed by atoms with Crippen LogP contribution in [-0.4, -0.2) is 39.7 Å². The van der Waals surface area contributed by atoms with Gasteiger partial charge in [-0.05, 0) is 49.4 Å². The van der Waals surface area contributed by atoms with Crippen LogP contribution in [0.25, 0.3) is 0 Å². The van der Waals surface area contributed by atoms with E-state index in [-0.39, 0.29) is 5.56 Å². The number of amides is 1. The van der Waals surface area contributed by atoms with Crippen LogP contribution in [0.5, 0.6) is 0 Å². The van der Waals surface area contributed by atoms with Gasteiger partial charge in [-0.25, -0.2) is 13.2 Å². The molecule has 0 spiro atoms. The zero-order valence-corrected chi connectivity index (χ0v) is 16.5. The Labute approximate surface area is 162 Å². The number of ether oxygens (including phenoxy) is 1. The van der Waals surface area contributed by atoms with Crippen LogP contribution >= 0.6 is 11.6 Å². The van der Waals surface area contributed by atoms with Gasteiger partial charge < -0.3 is 10.1 Å². The number of nitrogens with one attached hydrogen (secondary N) is 1. The summed E-state index contributed by atoms with van der Waals surface area (Å²) in [5, 5.41) is 3.06. The number of benzene rings is 2. The average molecular weight is 411 g/mol. The molecule has 27 heavy (non-hydrogen) atoms. The lowest BCUT2D eigenvalue weighted by atomic mass is 10.2. The summed E-state index contributed by atoms with van der Waals surface area (Å²) in [5.41, 5.74) is 0.924. The molecule has 2 aromatic carbocycles. The maximum atomic E-state index is 12.6. The number of rotatable bonds is 6. The van der Waals surface area contributed by atoms with Crippen molar-refractivity contribution in [3.63, 3.8) is 0 Å². The molecule has 0 bridgehead atoms. The standard InChI is InChI=1S/C18H19ClN2O5S/c1-12(21(27(3,24)25)16-9-7-14(19)8-10-16)17(22)20-15-6-4-5-13(11-15)18(23)26-2/h4-12H,1-3H3,(H,20,22). The number of anilines is 2. The molecule has 0 radical (unpaired) electrons. The molecule has 0 saturated heterocycles. The van der Waals surface area contributed by atoms with Crippen LogP contribution in [0.2, 0.25) is 5.02 Å². The van der Waals surface area contributed by atoms with Gasteiger partial charge >= 0.3 is 5.97 Å². The molecule has 9 heteroatoms. The molecular weight excluding hydrogens is 392 g/mol. The number of sulfonamides is 1. The molecule has 0 aliphatic rings. The Bertz CT molecular complexity index is 944. The van der Waals surface area contributed by atoms with Crippen molar-refractivity contribution in [3.05, 3.63) is 59.1 Å². The van der Waals surface area contributed by atoms with Crippen molar-refractivity contribution in [1.82, 2.24) is 0 Å². The van der Waals surface area contributed by atoms with E-state index in [1.54, 1.807) is 30.3 Å². The van der Waals surface area contributed by atoms with Gasteiger partial charge in [0.2, 0.25) is 15.9 Å². The summed E-state index contributed by atoms with van der Waals surface area (Å²) in [6.07, 6.45) is 1.02. The van der Waals surface area contributed by atoms with Gasteiger partial charge in [0.1, 0.15) is 6.04 Å². The second-order valence-corrected chi connectivity index (χ2v) is 8.07. The lowest BCUT2D eigenvalue weighted by Gasteiger charge is -2.28. The Balaban J connectivity index is 2.28. The van der Waals surface area contributed by atoms with Crippen LogP contribution in [0.15, 0.2) is 48.5 Å². The zero-order valence-electron chi connectivity index (χ0n) is 15.0. The Kier molecular flexibility index (Phi) is 6.45. The second kappa shape index (κ2) is 8.41. The van der Waals surface area contributed by atoms with Gasteiger partial charge in [-0.15, -0.1) is 0 Å². The lowest BCUT2D eigenvalue weighted by Crippen LogP contribution is -2.45. The number of nitrogens with zero attached hydrogens (tertiary/aromatic N) is 1. The molecule has 2 aromatic rings. The number of methoxy groups -OCH3 is 1. The molecule has 7 nitrogen and oxygen atoms in total. The van der Waals surface area contributed by atoms with E-state index in [0.717, 1.165) is 10.6 Å². The number of carbonyl (C=O) groups excluding carboxylic acids is 2. The van der Waals surface area contributed by atoms with E-state index < -0.39 is 27.9 Å². The minimum Gasteiger partial charge on any atom is -0.465 e. The number of halogens is 1. The Morgan fingerprint density at radius 1 is 1.15 bits per heavy atom. The molecule has 1 atom stereocenters. The van der Waals surface area contributed by atoms with Gasteiger partial charge in [0.25, 0.3) is 0 Å². The van der Waals surface area contributed by atoms with Crippen molar-refractivity contribution in [1.29, 1.82) is 0 Å². The summed E-state index contributed by atoms with van der Waals surface area (Å²) in [7, 11) is -2.48. The van der Waals surface area contributed by atoms with Crippen molar-refractivity contribution in [2.75, 3.05) is 23.0 Å². The molecule has 0 fully saturated rings. The van der Waals surface area contributed by atoms with Crippen LogP contribution in [-0.2, 0) is 19.6 Å². The molecule has 0 aromatic heterocycles. The highest BCUT2D eigenvalue weighted by atomic mass is 35.5. The Morgan fingerprint density at radius 3 is 2.33 bits per heavy atom. The molecule has 0 heterocycles. The molecule has 0 aliphatic heterocycles. The second-order valence-electron chi connectivity index (χ2n) is 5.77. The maximum absolute atomic E-state index is 12.6. The molecule has 0 aliphatic carbocycles. The molecule has 1 unspecified atom stereocenters. The first-order chi connectivity index (χ1) is 12.6. The minimum absolute atomic E-state index is 0.264. The normalized spacial score (nSPS) is 12.1. The highest BCUT2D eigenvalue weighted by Gasteiger charge is 2.29. The summed E-state index contributed by atoms with van der Waals surface area (Å²) in [4.78, 5) is 24.2. The summed E-state index contributed by atoms with van der Waals surface area (Å²) >= 11 is 5.85. The van der Waals surface area contributed by atoms with Crippen LogP contribution in [0.4, 0.5) is 11.4 Å². The van der Waals surface area contributed by atoms with Crippen molar-refractivity contribution in [3.8, 4) is 0 Å². The first-order valence-corrected chi connectivity index (χ1v) is 10.1. The van der Waals surface area contributed by atoms with Crippen LogP contribution < -0.4 is 9.62 Å². The highest BCUT2D eigenvalue weighted by molar-refractivity contribution is 7.92. The van der Waals surface area contributed by atoms with E-state index in [1.807, 2.05) is 0 Å². The van der Waals surface area contributed by atoms with E-state index >= 15 is 0 Å². The van der Waals surface area contributed by atoms with Gasteiger partial charge in [0, 0.05) is 10.7 Å². The van der Waals surface area contributed by atoms with Crippen LogP contribution in [0.1, 0.15) is 17.3 Å². The van der Waals surface area contributed by atoms with E-state index in [1.165, 1.54) is 32.2 Å². The van der Waals surface area contributed by atoms with Gasteiger partial charge in [-0.2, -0.15) is 0 Å². The molecule has 144 valence electrons. The largest absolute Gasteiger partial charge is 0.465 e. The van der Waals surface area contributed by atoms with Crippen molar-refractivity contribution in [2.45, 2.75) is 13.0 Å². The van der Waals surface area contributed by atoms with Gasteiger partial charge in [-0.1, -0.05) is 17.7 Å². The van der Waals surface area contributed by atoms with E-state index in [4.69, 9.17) is 11.6 Å². The summed E-state index contributed by atoms with van der Waals surface area (Å²) in [6.45, 7) is 1.47. The fourth-order valence-electron chi connectivity index (χ4n) is 2.49. The average Bonchev–Trinajstić information content (AvgIpc) is 2.61. The van der Waals surface area contributed by atoms with Crippen LogP contribution in [0.3, 0.4) is 0 Å². The quantitative estimate of drug-likeness (QED) is 0.739. The summed E-state index contributed by atoms with van der Waals surface area (Å²) in [6, 6.07) is 11.2. The Morgan fingerprint density at radius 2 is 1.78 bits per heavy atom. The predicted octanol–water partition coefficient (Wildman–Crippen LogP) is 2.92. The fraction of sp³-hybridized carbons (Fsp3) is 0.222. The topological polar surface area (TPSA) is 92.8 Å². The number of carbonyl (C=O) groups is 2. The third-order valence-corrected chi connectivity index (χ3v) is 5.21. The van der Waals surface area contributed by atoms with Gasteiger partial charge in [0.15, 0.2) is 0 Å². The van der Waals surface area contributed by atoms with E-state index in [9.17, 15) is 18.0 Å². The number of hydrogen-bond acceptors (Lipinski definition) is 5. The minimum atomic E-state index is -3.74. The lowest BCUT2D eigenvalue weighted by molar-refractivity contribution is -0.116. The predicted molar refractivity (Wildman–Crippen MR) is 105 cm³/mol. The van der Waals surface area contributed by atoms with E-state index in [2.05, 4.69) is 10.1 Å².